The van der Waals surface area contributed by atoms with Gasteiger partial charge >= 0.3 is 5.97 Å². The first-order valence-corrected chi connectivity index (χ1v) is 10.5. The average molecular weight is 424 g/mol. The smallest absolute Gasteiger partial charge is 0.307 e. The molecule has 0 amide bonds. The molecule has 3 rings (SSSR count). The van der Waals surface area contributed by atoms with Gasteiger partial charge in [0.2, 0.25) is 0 Å². The third kappa shape index (κ3) is 5.97. The van der Waals surface area contributed by atoms with Gasteiger partial charge in [-0.25, -0.2) is 9.97 Å². The van der Waals surface area contributed by atoms with Gasteiger partial charge in [-0.3, -0.25) is 4.79 Å². The summed E-state index contributed by atoms with van der Waals surface area (Å²) < 4.78 is 16.8. The highest BCUT2D eigenvalue weighted by Gasteiger charge is 2.39. The molecule has 3 heterocycles. The van der Waals surface area contributed by atoms with Crippen molar-refractivity contribution in [3.8, 4) is 0 Å². The van der Waals surface area contributed by atoms with E-state index >= 15 is 0 Å². The van der Waals surface area contributed by atoms with Crippen molar-refractivity contribution in [3.63, 3.8) is 0 Å². The van der Waals surface area contributed by atoms with Crippen molar-refractivity contribution in [2.75, 3.05) is 43.1 Å². The van der Waals surface area contributed by atoms with Gasteiger partial charge < -0.3 is 29.7 Å². The minimum atomic E-state index is -0.450. The molecule has 0 saturated carbocycles. The summed E-state index contributed by atoms with van der Waals surface area (Å²) in [6.07, 6.45) is 5.99. The van der Waals surface area contributed by atoms with Crippen LogP contribution in [0.2, 0.25) is 0 Å². The molecule has 1 aromatic rings. The number of hydrogen-bond donors (Lipinski definition) is 2. The van der Waals surface area contributed by atoms with E-state index in [1.807, 2.05) is 6.92 Å². The third-order valence-corrected chi connectivity index (χ3v) is 5.16. The number of piperidine rings is 1. The predicted molar refractivity (Wildman–Crippen MR) is 113 cm³/mol. The first-order chi connectivity index (χ1) is 14.0. The first-order valence-electron chi connectivity index (χ1n) is 10.1. The molecular formula is C19H29N5O4S. The van der Waals surface area contributed by atoms with Crippen LogP contribution in [0.4, 0.5) is 11.5 Å². The summed E-state index contributed by atoms with van der Waals surface area (Å²) in [4.78, 5) is 22.4. The molecule has 2 N–H and O–H groups in total. The maximum absolute atomic E-state index is 11.6. The molecule has 1 unspecified atom stereocenters. The van der Waals surface area contributed by atoms with Crippen LogP contribution in [0.3, 0.4) is 0 Å². The Labute approximate surface area is 176 Å². The summed E-state index contributed by atoms with van der Waals surface area (Å²) in [6, 6.07) is -0.155. The van der Waals surface area contributed by atoms with Crippen LogP contribution in [0.15, 0.2) is 12.5 Å². The zero-order valence-corrected chi connectivity index (χ0v) is 17.8. The molecule has 160 valence electrons. The van der Waals surface area contributed by atoms with Gasteiger partial charge in [-0.05, 0) is 32.5 Å². The number of carbonyl (C=O) groups is 1. The fourth-order valence-electron chi connectivity index (χ4n) is 3.53. The van der Waals surface area contributed by atoms with Gasteiger partial charge in [-0.1, -0.05) is 0 Å². The van der Waals surface area contributed by atoms with Gasteiger partial charge in [0.15, 0.2) is 16.7 Å². The number of anilines is 2. The number of nitrogens with one attached hydrogen (secondary N) is 2. The van der Waals surface area contributed by atoms with Gasteiger partial charge in [0.05, 0.1) is 32.4 Å². The molecule has 0 aromatic carbocycles. The number of rotatable bonds is 6. The van der Waals surface area contributed by atoms with E-state index in [4.69, 9.17) is 26.4 Å². The highest BCUT2D eigenvalue weighted by molar-refractivity contribution is 7.80. The summed E-state index contributed by atoms with van der Waals surface area (Å²) in [5.74, 6) is 0.0793. The van der Waals surface area contributed by atoms with E-state index in [-0.39, 0.29) is 18.4 Å². The van der Waals surface area contributed by atoms with Crippen LogP contribution in [0.1, 0.15) is 39.5 Å². The Bertz CT molecular complexity index is 704. The normalized spacial score (nSPS) is 19.4. The van der Waals surface area contributed by atoms with E-state index in [2.05, 4.69) is 25.5 Å². The van der Waals surface area contributed by atoms with Gasteiger partial charge in [0, 0.05) is 32.0 Å². The summed E-state index contributed by atoms with van der Waals surface area (Å²) in [5, 5.41) is 6.66. The van der Waals surface area contributed by atoms with Crippen molar-refractivity contribution in [2.45, 2.75) is 51.4 Å². The van der Waals surface area contributed by atoms with Crippen LogP contribution in [-0.4, -0.2) is 65.8 Å². The van der Waals surface area contributed by atoms with Crippen molar-refractivity contribution in [3.05, 3.63) is 12.5 Å². The Hall–Kier alpha value is -2.04. The van der Waals surface area contributed by atoms with Crippen molar-refractivity contribution in [1.82, 2.24) is 15.3 Å². The lowest BCUT2D eigenvalue weighted by molar-refractivity contribution is -0.275. The fraction of sp³-hybridized carbons (Fsp3) is 0.684. The van der Waals surface area contributed by atoms with Gasteiger partial charge in [-0.2, -0.15) is 0 Å². The SMILES string of the molecule is CCOC(=O)CC(C)NC(=S)Nc1cncnc1N1CCC2(CC1)OCCCO2. The number of thiocarbonyl (C=S) groups is 1. The molecule has 10 heteroatoms. The molecule has 1 atom stereocenters. The molecule has 2 aliphatic rings. The maximum Gasteiger partial charge on any atom is 0.307 e. The van der Waals surface area contributed by atoms with Crippen molar-refractivity contribution in [2.24, 2.45) is 0 Å². The second kappa shape index (κ2) is 10.1. The molecule has 2 fully saturated rings. The highest BCUT2D eigenvalue weighted by Crippen LogP contribution is 2.34. The van der Waals surface area contributed by atoms with E-state index < -0.39 is 5.79 Å². The Morgan fingerprint density at radius 3 is 2.79 bits per heavy atom. The van der Waals surface area contributed by atoms with Crippen molar-refractivity contribution >= 4 is 34.8 Å². The van der Waals surface area contributed by atoms with Crippen molar-refractivity contribution < 1.29 is 19.0 Å². The maximum atomic E-state index is 11.6. The molecule has 1 aromatic heterocycles. The highest BCUT2D eigenvalue weighted by atomic mass is 32.1. The van der Waals surface area contributed by atoms with Crippen LogP contribution in [-0.2, 0) is 19.0 Å². The molecule has 0 aliphatic carbocycles. The second-order valence-electron chi connectivity index (χ2n) is 7.22. The third-order valence-electron chi connectivity index (χ3n) is 4.94. The van der Waals surface area contributed by atoms with Crippen LogP contribution >= 0.6 is 12.2 Å². The van der Waals surface area contributed by atoms with E-state index in [1.165, 1.54) is 6.33 Å². The summed E-state index contributed by atoms with van der Waals surface area (Å²) in [7, 11) is 0. The lowest BCUT2D eigenvalue weighted by Gasteiger charge is -2.43. The Morgan fingerprint density at radius 1 is 1.38 bits per heavy atom. The number of carbonyl (C=O) groups excluding carboxylic acids is 1. The molecular weight excluding hydrogens is 394 g/mol. The number of aromatic nitrogens is 2. The zero-order chi connectivity index (χ0) is 20.7. The van der Waals surface area contributed by atoms with Crippen LogP contribution < -0.4 is 15.5 Å². The number of hydrogen-bond acceptors (Lipinski definition) is 8. The number of esters is 1. The average Bonchev–Trinajstić information content (AvgIpc) is 2.70. The quantitative estimate of drug-likeness (QED) is 0.521. The molecule has 29 heavy (non-hydrogen) atoms. The molecule has 9 nitrogen and oxygen atoms in total. The molecule has 1 spiro atoms. The van der Waals surface area contributed by atoms with Crippen LogP contribution in [0.5, 0.6) is 0 Å². The summed E-state index contributed by atoms with van der Waals surface area (Å²) >= 11 is 5.40. The lowest BCUT2D eigenvalue weighted by atomic mass is 10.0. The molecule has 0 radical (unpaired) electrons. The van der Waals surface area contributed by atoms with Gasteiger partial charge in [-0.15, -0.1) is 0 Å². The largest absolute Gasteiger partial charge is 0.466 e. The van der Waals surface area contributed by atoms with Gasteiger partial charge in [0.25, 0.3) is 0 Å². The standard InChI is InChI=1S/C19H29N5O4S/c1-3-26-16(25)11-14(2)22-18(29)23-15-12-20-13-21-17(15)24-7-5-19(6-8-24)27-9-4-10-28-19/h12-14H,3-11H2,1-2H3,(H2,22,23,29). The Kier molecular flexibility index (Phi) is 7.57. The minimum Gasteiger partial charge on any atom is -0.466 e. The number of ether oxygens (including phenoxy) is 3. The van der Waals surface area contributed by atoms with E-state index in [1.54, 1.807) is 13.1 Å². The molecule has 2 aliphatic heterocycles. The fourth-order valence-corrected chi connectivity index (χ4v) is 3.84. The van der Waals surface area contributed by atoms with E-state index in [0.29, 0.717) is 11.7 Å². The number of nitrogens with zero attached hydrogens (tertiary/aromatic N) is 3. The van der Waals surface area contributed by atoms with E-state index in [0.717, 1.165) is 57.1 Å². The monoisotopic (exact) mass is 423 g/mol. The molecule has 0 bridgehead atoms. The van der Waals surface area contributed by atoms with Gasteiger partial charge in [0.1, 0.15) is 12.0 Å². The second-order valence-corrected chi connectivity index (χ2v) is 7.63. The lowest BCUT2D eigenvalue weighted by Crippen LogP contribution is -2.50. The van der Waals surface area contributed by atoms with Crippen molar-refractivity contribution in [1.29, 1.82) is 0 Å². The molecule has 2 saturated heterocycles. The Balaban J connectivity index is 1.56. The Morgan fingerprint density at radius 2 is 2.10 bits per heavy atom. The van der Waals surface area contributed by atoms with E-state index in [9.17, 15) is 4.79 Å². The predicted octanol–water partition coefficient (Wildman–Crippen LogP) is 1.84. The zero-order valence-electron chi connectivity index (χ0n) is 17.0. The summed E-state index contributed by atoms with van der Waals surface area (Å²) in [5.41, 5.74) is 0.717. The van der Waals surface area contributed by atoms with Crippen LogP contribution in [0, 0.1) is 0 Å². The van der Waals surface area contributed by atoms with Crippen LogP contribution in [0.25, 0.3) is 0 Å². The minimum absolute atomic E-state index is 0.155. The topological polar surface area (TPSA) is 97.8 Å². The first kappa shape index (κ1) is 21.7. The summed E-state index contributed by atoms with van der Waals surface area (Å²) in [6.45, 7) is 7.08.